The molecule has 0 saturated heterocycles. The van der Waals surface area contributed by atoms with Crippen molar-refractivity contribution in [2.75, 3.05) is 13.2 Å². The lowest BCUT2D eigenvalue weighted by atomic mass is 10.2. The number of hydrogen-bond donors (Lipinski definition) is 1. The molecule has 0 saturated carbocycles. The minimum Gasteiger partial charge on any atom is -0.464 e. The van der Waals surface area contributed by atoms with Crippen LogP contribution in [0, 0.1) is 0 Å². The quantitative estimate of drug-likeness (QED) is 0.317. The third-order valence-electron chi connectivity index (χ3n) is 3.20. The zero-order valence-electron chi connectivity index (χ0n) is 14.1. The van der Waals surface area contributed by atoms with Crippen LogP contribution in [-0.2, 0) is 14.3 Å². The van der Waals surface area contributed by atoms with Gasteiger partial charge in [-0.25, -0.2) is 9.59 Å². The van der Waals surface area contributed by atoms with Crippen molar-refractivity contribution in [1.29, 1.82) is 0 Å². The van der Waals surface area contributed by atoms with E-state index >= 15 is 0 Å². The van der Waals surface area contributed by atoms with Crippen molar-refractivity contribution in [3.05, 3.63) is 12.7 Å². The van der Waals surface area contributed by atoms with E-state index in [2.05, 4.69) is 25.7 Å². The number of alkyl carbamates (subject to hydrolysis) is 1. The summed E-state index contributed by atoms with van der Waals surface area (Å²) in [7, 11) is 0. The molecule has 1 amide bonds. The fraction of sp³-hybridized carbons (Fsp3) is 0.765. The lowest BCUT2D eigenvalue weighted by Gasteiger charge is -2.16. The van der Waals surface area contributed by atoms with Gasteiger partial charge in [-0.1, -0.05) is 52.0 Å². The van der Waals surface area contributed by atoms with E-state index in [-0.39, 0.29) is 0 Å². The number of amides is 1. The molecule has 0 aromatic carbocycles. The van der Waals surface area contributed by atoms with Crippen LogP contribution in [-0.4, -0.2) is 31.3 Å². The predicted octanol–water partition coefficient (Wildman–Crippen LogP) is 3.97. The zero-order valence-corrected chi connectivity index (χ0v) is 14.1. The first-order valence-electron chi connectivity index (χ1n) is 8.36. The van der Waals surface area contributed by atoms with Gasteiger partial charge in [-0.2, -0.15) is 0 Å². The molecule has 0 aromatic heterocycles. The number of nitrogens with one attached hydrogen (secondary N) is 1. The lowest BCUT2D eigenvalue weighted by Crippen LogP contribution is -2.42. The maximum Gasteiger partial charge on any atom is 0.407 e. The number of esters is 1. The Bertz CT molecular complexity index is 318. The predicted molar refractivity (Wildman–Crippen MR) is 87.7 cm³/mol. The summed E-state index contributed by atoms with van der Waals surface area (Å²) < 4.78 is 10.2. The molecule has 22 heavy (non-hydrogen) atoms. The van der Waals surface area contributed by atoms with Crippen LogP contribution in [0.25, 0.3) is 0 Å². The smallest absolute Gasteiger partial charge is 0.407 e. The highest BCUT2D eigenvalue weighted by Crippen LogP contribution is 2.02. The van der Waals surface area contributed by atoms with Gasteiger partial charge in [0, 0.05) is 0 Å². The number of ether oxygens (including phenoxy) is 2. The largest absolute Gasteiger partial charge is 0.464 e. The molecule has 1 N–H and O–H groups in total. The van der Waals surface area contributed by atoms with E-state index in [9.17, 15) is 9.59 Å². The summed E-state index contributed by atoms with van der Waals surface area (Å²) in [6.07, 6.45) is 8.42. The molecule has 0 aliphatic rings. The van der Waals surface area contributed by atoms with E-state index in [1.807, 2.05) is 0 Å². The van der Waals surface area contributed by atoms with Crippen LogP contribution >= 0.6 is 0 Å². The second-order valence-electron chi connectivity index (χ2n) is 5.29. The fourth-order valence-electron chi connectivity index (χ4n) is 1.88. The monoisotopic (exact) mass is 313 g/mol. The average molecular weight is 313 g/mol. The molecule has 1 unspecified atom stereocenters. The Hall–Kier alpha value is -1.52. The molecule has 128 valence electrons. The number of rotatable bonds is 13. The van der Waals surface area contributed by atoms with Gasteiger partial charge in [0.1, 0.15) is 6.04 Å². The van der Waals surface area contributed by atoms with Crippen LogP contribution in [0.2, 0.25) is 0 Å². The van der Waals surface area contributed by atoms with Crippen molar-refractivity contribution < 1.29 is 19.1 Å². The van der Waals surface area contributed by atoms with Gasteiger partial charge in [0.25, 0.3) is 0 Å². The maximum absolute atomic E-state index is 11.9. The fourth-order valence-corrected chi connectivity index (χ4v) is 1.88. The van der Waals surface area contributed by atoms with E-state index in [1.165, 1.54) is 0 Å². The van der Waals surface area contributed by atoms with Crippen molar-refractivity contribution in [2.45, 2.75) is 71.3 Å². The third kappa shape index (κ3) is 11.2. The summed E-state index contributed by atoms with van der Waals surface area (Å²) in [5.74, 6) is -0.432. The Balaban J connectivity index is 4.01. The minimum absolute atomic E-state index is 0.331. The molecule has 0 heterocycles. The van der Waals surface area contributed by atoms with E-state index < -0.39 is 18.1 Å². The highest BCUT2D eigenvalue weighted by atomic mass is 16.6. The average Bonchev–Trinajstić information content (AvgIpc) is 2.50. The molecule has 0 radical (unpaired) electrons. The first-order chi connectivity index (χ1) is 10.7. The normalized spacial score (nSPS) is 11.5. The van der Waals surface area contributed by atoms with Crippen molar-refractivity contribution in [3.63, 3.8) is 0 Å². The molecule has 0 rings (SSSR count). The topological polar surface area (TPSA) is 64.6 Å². The summed E-state index contributed by atoms with van der Waals surface area (Å²) in [5.41, 5.74) is 0. The molecule has 5 heteroatoms. The van der Waals surface area contributed by atoms with Crippen LogP contribution in [0.3, 0.4) is 0 Å². The maximum atomic E-state index is 11.9. The second-order valence-corrected chi connectivity index (χ2v) is 5.29. The zero-order chi connectivity index (χ0) is 16.6. The molecule has 0 fully saturated rings. The molecule has 1 atom stereocenters. The van der Waals surface area contributed by atoms with Crippen LogP contribution in [0.4, 0.5) is 4.79 Å². The summed E-state index contributed by atoms with van der Waals surface area (Å²) in [6, 6.07) is -0.720. The van der Waals surface area contributed by atoms with Gasteiger partial charge in [0.15, 0.2) is 0 Å². The standard InChI is InChI=1S/C17H31NO4/c1-4-7-9-11-14-22-17(20)18-15(12-6-3)16(19)21-13-10-8-5-2/h6,15H,3-5,7-14H2,1-2H3,(H,18,20). The third-order valence-corrected chi connectivity index (χ3v) is 3.20. The molecule has 0 aliphatic carbocycles. The van der Waals surface area contributed by atoms with Crippen LogP contribution in [0.5, 0.6) is 0 Å². The summed E-state index contributed by atoms with van der Waals surface area (Å²) in [5, 5.41) is 2.54. The summed E-state index contributed by atoms with van der Waals surface area (Å²) >= 11 is 0. The molecule has 0 spiro atoms. The van der Waals surface area contributed by atoms with Gasteiger partial charge in [-0.15, -0.1) is 6.58 Å². The molecular formula is C17H31NO4. The van der Waals surface area contributed by atoms with Crippen molar-refractivity contribution in [1.82, 2.24) is 5.32 Å². The van der Waals surface area contributed by atoms with E-state index in [0.717, 1.165) is 44.9 Å². The Morgan fingerprint density at radius 2 is 1.59 bits per heavy atom. The van der Waals surface area contributed by atoms with Crippen LogP contribution in [0.15, 0.2) is 12.7 Å². The van der Waals surface area contributed by atoms with Crippen LogP contribution in [0.1, 0.15) is 65.2 Å². The Labute approximate surface area is 134 Å². The Morgan fingerprint density at radius 1 is 1.00 bits per heavy atom. The lowest BCUT2D eigenvalue weighted by molar-refractivity contribution is -0.146. The number of unbranched alkanes of at least 4 members (excludes halogenated alkanes) is 5. The molecular weight excluding hydrogens is 282 g/mol. The highest BCUT2D eigenvalue weighted by Gasteiger charge is 2.21. The van der Waals surface area contributed by atoms with E-state index in [4.69, 9.17) is 9.47 Å². The first kappa shape index (κ1) is 20.5. The molecule has 0 bridgehead atoms. The van der Waals surface area contributed by atoms with Gasteiger partial charge < -0.3 is 14.8 Å². The highest BCUT2D eigenvalue weighted by molar-refractivity contribution is 5.81. The van der Waals surface area contributed by atoms with Gasteiger partial charge in [0.05, 0.1) is 13.2 Å². The second kappa shape index (κ2) is 14.4. The van der Waals surface area contributed by atoms with E-state index in [1.54, 1.807) is 6.08 Å². The minimum atomic E-state index is -0.720. The first-order valence-corrected chi connectivity index (χ1v) is 8.36. The summed E-state index contributed by atoms with van der Waals surface area (Å²) in [6.45, 7) is 8.56. The van der Waals surface area contributed by atoms with Crippen molar-refractivity contribution >= 4 is 12.1 Å². The van der Waals surface area contributed by atoms with Gasteiger partial charge in [0.2, 0.25) is 0 Å². The van der Waals surface area contributed by atoms with E-state index in [0.29, 0.717) is 19.6 Å². The number of carbonyl (C=O) groups is 2. The van der Waals surface area contributed by atoms with Crippen molar-refractivity contribution in [3.8, 4) is 0 Å². The van der Waals surface area contributed by atoms with Gasteiger partial charge in [-0.3, -0.25) is 0 Å². The number of carbonyl (C=O) groups excluding carboxylic acids is 2. The summed E-state index contributed by atoms with van der Waals surface area (Å²) in [4.78, 5) is 23.6. The SMILES string of the molecule is C=CCC(NC(=O)OCCCCCC)C(=O)OCCCCC. The molecule has 5 nitrogen and oxygen atoms in total. The van der Waals surface area contributed by atoms with Gasteiger partial charge in [-0.05, 0) is 19.3 Å². The Morgan fingerprint density at radius 3 is 2.23 bits per heavy atom. The molecule has 0 aromatic rings. The van der Waals surface area contributed by atoms with Crippen LogP contribution < -0.4 is 5.32 Å². The van der Waals surface area contributed by atoms with Gasteiger partial charge >= 0.3 is 12.1 Å². The van der Waals surface area contributed by atoms with Crippen molar-refractivity contribution in [2.24, 2.45) is 0 Å². The number of hydrogen-bond acceptors (Lipinski definition) is 4. The Kier molecular flexibility index (Phi) is 13.4. The molecule has 0 aliphatic heterocycles.